The van der Waals surface area contributed by atoms with Crippen LogP contribution in [-0.2, 0) is 12.2 Å². The van der Waals surface area contributed by atoms with Crippen LogP contribution in [0.25, 0.3) is 0 Å². The number of hydrogen-bond donors (Lipinski definition) is 0. The molecule has 0 saturated carbocycles. The van der Waals surface area contributed by atoms with Crippen molar-refractivity contribution in [3.63, 3.8) is 0 Å². The van der Waals surface area contributed by atoms with Crippen molar-refractivity contribution in [1.82, 2.24) is 9.97 Å². The van der Waals surface area contributed by atoms with Gasteiger partial charge < -0.3 is 4.74 Å². The summed E-state index contributed by atoms with van der Waals surface area (Å²) in [5.41, 5.74) is 3.52. The predicted molar refractivity (Wildman–Crippen MR) is 98.7 cm³/mol. The molecular weight excluding hydrogens is 316 g/mol. The standard InChI is InChI=1S/C20H20N2OS/c1-3-17-13-19(23-18-7-5-4-6-8-18)22-20(21-17)24-14-16-11-9-15(2)10-12-16/h4-13H,3,14H2,1-2H3. The molecule has 1 aromatic heterocycles. The van der Waals surface area contributed by atoms with Gasteiger partial charge in [0.15, 0.2) is 5.16 Å². The van der Waals surface area contributed by atoms with Crippen LogP contribution in [0.1, 0.15) is 23.7 Å². The first-order chi connectivity index (χ1) is 11.7. The van der Waals surface area contributed by atoms with Crippen molar-refractivity contribution in [3.8, 4) is 11.6 Å². The fraction of sp³-hybridized carbons (Fsp3) is 0.200. The van der Waals surface area contributed by atoms with Gasteiger partial charge in [0, 0.05) is 17.5 Å². The molecule has 0 atom stereocenters. The smallest absolute Gasteiger partial charge is 0.223 e. The van der Waals surface area contributed by atoms with Crippen LogP contribution in [-0.4, -0.2) is 9.97 Å². The first-order valence-electron chi connectivity index (χ1n) is 8.02. The second-order valence-electron chi connectivity index (χ2n) is 5.52. The van der Waals surface area contributed by atoms with Gasteiger partial charge in [-0.15, -0.1) is 0 Å². The largest absolute Gasteiger partial charge is 0.439 e. The number of nitrogens with zero attached hydrogens (tertiary/aromatic N) is 2. The minimum Gasteiger partial charge on any atom is -0.439 e. The lowest BCUT2D eigenvalue weighted by atomic mass is 10.2. The Labute approximate surface area is 147 Å². The van der Waals surface area contributed by atoms with E-state index in [1.54, 1.807) is 11.8 Å². The van der Waals surface area contributed by atoms with Crippen LogP contribution in [0, 0.1) is 6.92 Å². The molecule has 1 heterocycles. The zero-order chi connectivity index (χ0) is 16.8. The van der Waals surface area contributed by atoms with Crippen LogP contribution in [0.3, 0.4) is 0 Å². The number of hydrogen-bond acceptors (Lipinski definition) is 4. The molecule has 0 unspecified atom stereocenters. The van der Waals surface area contributed by atoms with Crippen molar-refractivity contribution < 1.29 is 4.74 Å². The Bertz CT molecular complexity index is 788. The molecule has 0 fully saturated rings. The summed E-state index contributed by atoms with van der Waals surface area (Å²) in [6, 6.07) is 20.2. The predicted octanol–water partition coefficient (Wildman–Crippen LogP) is 5.43. The maximum Gasteiger partial charge on any atom is 0.223 e. The fourth-order valence-electron chi connectivity index (χ4n) is 2.19. The van der Waals surface area contributed by atoms with E-state index in [4.69, 9.17) is 4.74 Å². The molecular formula is C20H20N2OS. The molecule has 0 radical (unpaired) electrons. The highest BCUT2D eigenvalue weighted by molar-refractivity contribution is 7.98. The number of ether oxygens (including phenoxy) is 1. The first-order valence-corrected chi connectivity index (χ1v) is 9.00. The molecule has 0 aliphatic carbocycles. The van der Waals surface area contributed by atoms with Crippen LogP contribution in [0.2, 0.25) is 0 Å². The Balaban J connectivity index is 1.74. The van der Waals surface area contributed by atoms with Gasteiger partial charge in [-0.2, -0.15) is 4.98 Å². The van der Waals surface area contributed by atoms with Crippen molar-refractivity contribution in [1.29, 1.82) is 0 Å². The third-order valence-electron chi connectivity index (χ3n) is 3.55. The highest BCUT2D eigenvalue weighted by Gasteiger charge is 2.07. The normalized spacial score (nSPS) is 10.6. The summed E-state index contributed by atoms with van der Waals surface area (Å²) in [5, 5.41) is 0.751. The SMILES string of the molecule is CCc1cc(Oc2ccccc2)nc(SCc2ccc(C)cc2)n1. The molecule has 0 amide bonds. The summed E-state index contributed by atoms with van der Waals surface area (Å²) in [6.07, 6.45) is 0.853. The van der Waals surface area contributed by atoms with Gasteiger partial charge in [-0.3, -0.25) is 0 Å². The fourth-order valence-corrected chi connectivity index (χ4v) is 3.01. The second-order valence-corrected chi connectivity index (χ2v) is 6.47. The maximum absolute atomic E-state index is 5.86. The van der Waals surface area contributed by atoms with Gasteiger partial charge in [0.2, 0.25) is 5.88 Å². The molecule has 3 rings (SSSR count). The number of aromatic nitrogens is 2. The molecule has 3 aromatic rings. The van der Waals surface area contributed by atoms with Crippen molar-refractivity contribution in [2.45, 2.75) is 31.2 Å². The van der Waals surface area contributed by atoms with Gasteiger partial charge in [0.25, 0.3) is 0 Å². The molecule has 0 aliphatic heterocycles. The molecule has 4 heteroatoms. The maximum atomic E-state index is 5.86. The van der Waals surface area contributed by atoms with Crippen LogP contribution in [0.4, 0.5) is 0 Å². The van der Waals surface area contributed by atoms with Gasteiger partial charge in [0.05, 0.1) is 0 Å². The summed E-state index contributed by atoms with van der Waals surface area (Å²) in [4.78, 5) is 9.14. The van der Waals surface area contributed by atoms with Crippen molar-refractivity contribution >= 4 is 11.8 Å². The minimum absolute atomic E-state index is 0.597. The lowest BCUT2D eigenvalue weighted by molar-refractivity contribution is 0.454. The summed E-state index contributed by atoms with van der Waals surface area (Å²) < 4.78 is 5.86. The zero-order valence-corrected chi connectivity index (χ0v) is 14.7. The van der Waals surface area contributed by atoms with Crippen molar-refractivity contribution in [2.75, 3.05) is 0 Å². The van der Waals surface area contributed by atoms with E-state index in [0.717, 1.165) is 28.8 Å². The van der Waals surface area contributed by atoms with Gasteiger partial charge >= 0.3 is 0 Å². The number of benzene rings is 2. The van der Waals surface area contributed by atoms with E-state index < -0.39 is 0 Å². The van der Waals surface area contributed by atoms with Crippen LogP contribution < -0.4 is 4.74 Å². The lowest BCUT2D eigenvalue weighted by Gasteiger charge is -2.08. The van der Waals surface area contributed by atoms with Gasteiger partial charge in [-0.05, 0) is 31.0 Å². The summed E-state index contributed by atoms with van der Waals surface area (Å²) in [7, 11) is 0. The summed E-state index contributed by atoms with van der Waals surface area (Å²) >= 11 is 1.63. The minimum atomic E-state index is 0.597. The van der Waals surface area contributed by atoms with Gasteiger partial charge in [-0.25, -0.2) is 4.98 Å². The molecule has 2 aromatic carbocycles. The van der Waals surface area contributed by atoms with E-state index in [1.165, 1.54) is 11.1 Å². The molecule has 0 bridgehead atoms. The quantitative estimate of drug-likeness (QED) is 0.444. The molecule has 0 aliphatic rings. The second kappa shape index (κ2) is 7.97. The molecule has 24 heavy (non-hydrogen) atoms. The molecule has 0 saturated heterocycles. The van der Waals surface area contributed by atoms with E-state index in [-0.39, 0.29) is 0 Å². The molecule has 122 valence electrons. The average molecular weight is 336 g/mol. The number of rotatable bonds is 6. The Morgan fingerprint density at radius 2 is 1.71 bits per heavy atom. The topological polar surface area (TPSA) is 35.0 Å². The number of para-hydroxylation sites is 1. The van der Waals surface area contributed by atoms with E-state index in [0.29, 0.717) is 5.88 Å². The average Bonchev–Trinajstić information content (AvgIpc) is 2.62. The van der Waals surface area contributed by atoms with Crippen LogP contribution >= 0.6 is 11.8 Å². The summed E-state index contributed by atoms with van der Waals surface area (Å²) in [6.45, 7) is 4.18. The number of thioether (sulfide) groups is 1. The highest BCUT2D eigenvalue weighted by Crippen LogP contribution is 2.25. The van der Waals surface area contributed by atoms with Gasteiger partial charge in [-0.1, -0.05) is 66.7 Å². The Morgan fingerprint density at radius 3 is 2.42 bits per heavy atom. The van der Waals surface area contributed by atoms with Crippen molar-refractivity contribution in [3.05, 3.63) is 77.5 Å². The first kappa shape index (κ1) is 16.5. The summed E-state index contributed by atoms with van der Waals surface area (Å²) in [5.74, 6) is 2.23. The molecule has 0 N–H and O–H groups in total. The number of aryl methyl sites for hydroxylation is 2. The van der Waals surface area contributed by atoms with Crippen LogP contribution in [0.5, 0.6) is 11.6 Å². The Kier molecular flexibility index (Phi) is 5.49. The highest BCUT2D eigenvalue weighted by atomic mass is 32.2. The van der Waals surface area contributed by atoms with E-state index in [9.17, 15) is 0 Å². The lowest BCUT2D eigenvalue weighted by Crippen LogP contribution is -1.97. The van der Waals surface area contributed by atoms with E-state index >= 15 is 0 Å². The Hall–Kier alpha value is -2.33. The van der Waals surface area contributed by atoms with E-state index in [1.807, 2.05) is 36.4 Å². The van der Waals surface area contributed by atoms with E-state index in [2.05, 4.69) is 48.1 Å². The third-order valence-corrected chi connectivity index (χ3v) is 4.47. The van der Waals surface area contributed by atoms with Crippen LogP contribution in [0.15, 0.2) is 65.8 Å². The molecule has 3 nitrogen and oxygen atoms in total. The zero-order valence-electron chi connectivity index (χ0n) is 13.9. The Morgan fingerprint density at radius 1 is 0.958 bits per heavy atom. The third kappa shape index (κ3) is 4.59. The van der Waals surface area contributed by atoms with Crippen molar-refractivity contribution in [2.24, 2.45) is 0 Å². The van der Waals surface area contributed by atoms with Gasteiger partial charge in [0.1, 0.15) is 5.75 Å². The monoisotopic (exact) mass is 336 g/mol. The molecule has 0 spiro atoms.